The van der Waals surface area contributed by atoms with E-state index >= 15 is 0 Å². The Hall–Kier alpha value is -1.29. The van der Waals surface area contributed by atoms with Gasteiger partial charge in [-0.3, -0.25) is 0 Å². The van der Waals surface area contributed by atoms with Crippen molar-refractivity contribution in [3.63, 3.8) is 0 Å². The molecule has 16 heavy (non-hydrogen) atoms. The second-order valence-electron chi connectivity index (χ2n) is 3.91. The quantitative estimate of drug-likeness (QED) is 0.613. The molecule has 2 aliphatic rings. The maximum absolute atomic E-state index is 5.34. The minimum absolute atomic E-state index is 0.810. The van der Waals surface area contributed by atoms with E-state index in [1.807, 2.05) is 6.08 Å². The average Bonchev–Trinajstić information content (AvgIpc) is 2.74. The molecule has 2 heterocycles. The molecule has 0 bridgehead atoms. The smallest absolute Gasteiger partial charge is 0.240 e. The van der Waals surface area contributed by atoms with Crippen LogP contribution in [0, 0.1) is 0 Å². The molecule has 1 fully saturated rings. The highest BCUT2D eigenvalue weighted by atomic mass is 16.5. The summed E-state index contributed by atoms with van der Waals surface area (Å²) in [6.45, 7) is 9.32. The molecular weight excluding hydrogens is 199 g/mol. The summed E-state index contributed by atoms with van der Waals surface area (Å²) in [5.74, 6) is 0. The lowest BCUT2D eigenvalue weighted by molar-refractivity contribution is 0.0691. The van der Waals surface area contributed by atoms with E-state index in [1.165, 1.54) is 11.2 Å². The van der Waals surface area contributed by atoms with Gasteiger partial charge in [0.1, 0.15) is 0 Å². The number of amidine groups is 1. The van der Waals surface area contributed by atoms with E-state index in [1.54, 1.807) is 6.08 Å². The van der Waals surface area contributed by atoms with Crippen molar-refractivity contribution in [2.45, 2.75) is 6.92 Å². The average molecular weight is 216 g/mol. The molecule has 84 valence electrons. The fourth-order valence-corrected chi connectivity index (χ4v) is 2.02. The van der Waals surface area contributed by atoms with Crippen LogP contribution in [0.15, 0.2) is 41.0 Å². The number of hydrogen-bond donors (Lipinski definition) is 0. The van der Waals surface area contributed by atoms with Crippen LogP contribution >= 0.6 is 0 Å². The van der Waals surface area contributed by atoms with Gasteiger partial charge in [-0.2, -0.15) is 0 Å². The molecule has 0 amide bonds. The van der Waals surface area contributed by atoms with Crippen molar-refractivity contribution >= 4 is 13.0 Å². The van der Waals surface area contributed by atoms with Crippen LogP contribution in [-0.4, -0.2) is 44.2 Å². The molecule has 0 N–H and O–H groups in total. The maximum Gasteiger partial charge on any atom is 0.240 e. The molecule has 0 aliphatic carbocycles. The Balaban J connectivity index is 2.14. The van der Waals surface area contributed by atoms with E-state index in [9.17, 15) is 0 Å². The predicted molar refractivity (Wildman–Crippen MR) is 69.0 cm³/mol. The SMILES string of the molecule is C=C/C=C1/N=C(N2CCOCC2)B/C1=C/C. The highest BCUT2D eigenvalue weighted by Crippen LogP contribution is 2.20. The molecule has 0 aromatic carbocycles. The molecule has 0 radical (unpaired) electrons. The summed E-state index contributed by atoms with van der Waals surface area (Å²) in [6, 6.07) is 0. The van der Waals surface area contributed by atoms with E-state index in [0.717, 1.165) is 39.3 Å². The lowest BCUT2D eigenvalue weighted by Crippen LogP contribution is -2.42. The molecule has 1 saturated heterocycles. The Kier molecular flexibility index (Phi) is 3.62. The monoisotopic (exact) mass is 216 g/mol. The summed E-state index contributed by atoms with van der Waals surface area (Å²) in [5, 5.41) is 0. The highest BCUT2D eigenvalue weighted by molar-refractivity contribution is 6.82. The van der Waals surface area contributed by atoms with Gasteiger partial charge in [-0.05, 0) is 13.0 Å². The first-order valence-corrected chi connectivity index (χ1v) is 5.73. The predicted octanol–water partition coefficient (Wildman–Crippen LogP) is 1.10. The summed E-state index contributed by atoms with van der Waals surface area (Å²) in [5.41, 5.74) is 3.52. The maximum atomic E-state index is 5.34. The van der Waals surface area contributed by atoms with Crippen LogP contribution in [0.25, 0.3) is 0 Å². The number of hydrogen-bond acceptors (Lipinski definition) is 3. The van der Waals surface area contributed by atoms with Crippen LogP contribution < -0.4 is 0 Å². The second-order valence-corrected chi connectivity index (χ2v) is 3.91. The molecule has 0 aromatic rings. The lowest BCUT2D eigenvalue weighted by atomic mass is 9.68. The summed E-state index contributed by atoms with van der Waals surface area (Å²) in [6.07, 6.45) is 5.90. The third kappa shape index (κ3) is 2.27. The Labute approximate surface area is 97.4 Å². The van der Waals surface area contributed by atoms with Gasteiger partial charge in [-0.25, -0.2) is 4.99 Å². The van der Waals surface area contributed by atoms with E-state index in [0.29, 0.717) is 0 Å². The third-order valence-corrected chi connectivity index (χ3v) is 2.93. The fourth-order valence-electron chi connectivity index (χ4n) is 2.02. The van der Waals surface area contributed by atoms with Gasteiger partial charge in [0, 0.05) is 13.1 Å². The van der Waals surface area contributed by atoms with Crippen molar-refractivity contribution in [3.05, 3.63) is 36.0 Å². The van der Waals surface area contributed by atoms with Gasteiger partial charge in [0.05, 0.1) is 24.6 Å². The first kappa shape index (κ1) is 11.2. The summed E-state index contributed by atoms with van der Waals surface area (Å²) in [4.78, 5) is 6.98. The number of nitrogens with zero attached hydrogens (tertiary/aromatic N) is 2. The molecule has 2 rings (SSSR count). The molecular formula is C12H17BN2O. The van der Waals surface area contributed by atoms with Crippen molar-refractivity contribution in [1.29, 1.82) is 0 Å². The zero-order valence-electron chi connectivity index (χ0n) is 9.78. The Morgan fingerprint density at radius 2 is 2.19 bits per heavy atom. The van der Waals surface area contributed by atoms with Crippen molar-refractivity contribution in [2.24, 2.45) is 4.99 Å². The Bertz CT molecular complexity index is 365. The van der Waals surface area contributed by atoms with Crippen LogP contribution in [-0.2, 0) is 4.74 Å². The van der Waals surface area contributed by atoms with Gasteiger partial charge >= 0.3 is 0 Å². The zero-order valence-corrected chi connectivity index (χ0v) is 9.78. The third-order valence-electron chi connectivity index (χ3n) is 2.93. The summed E-state index contributed by atoms with van der Waals surface area (Å²) in [7, 11) is 0.941. The van der Waals surface area contributed by atoms with E-state index in [4.69, 9.17) is 4.74 Å². The molecule has 3 nitrogen and oxygen atoms in total. The van der Waals surface area contributed by atoms with Crippen LogP contribution in [0.3, 0.4) is 0 Å². The Morgan fingerprint density at radius 1 is 1.44 bits per heavy atom. The van der Waals surface area contributed by atoms with Crippen molar-refractivity contribution in [2.75, 3.05) is 26.3 Å². The van der Waals surface area contributed by atoms with Crippen molar-refractivity contribution < 1.29 is 4.74 Å². The minimum Gasteiger partial charge on any atom is -0.378 e. The van der Waals surface area contributed by atoms with Gasteiger partial charge in [0.15, 0.2) is 0 Å². The molecule has 4 heteroatoms. The number of ether oxygens (including phenoxy) is 1. The first-order valence-electron chi connectivity index (χ1n) is 5.73. The van der Waals surface area contributed by atoms with Crippen LogP contribution in [0.4, 0.5) is 0 Å². The number of allylic oxidation sites excluding steroid dienone is 4. The van der Waals surface area contributed by atoms with E-state index in [2.05, 4.69) is 29.5 Å². The molecule has 0 atom stereocenters. The normalized spacial score (nSPS) is 25.8. The second kappa shape index (κ2) is 5.17. The molecule has 2 aliphatic heterocycles. The first-order chi connectivity index (χ1) is 7.85. The highest BCUT2D eigenvalue weighted by Gasteiger charge is 2.23. The molecule has 0 spiro atoms. The Morgan fingerprint density at radius 3 is 2.81 bits per heavy atom. The summed E-state index contributed by atoms with van der Waals surface area (Å²) < 4.78 is 5.34. The van der Waals surface area contributed by atoms with E-state index < -0.39 is 0 Å². The molecule has 0 saturated carbocycles. The van der Waals surface area contributed by atoms with Gasteiger partial charge in [0.25, 0.3) is 0 Å². The number of aliphatic imine (C=N–C) groups is 1. The number of morpholine rings is 1. The molecule has 0 aromatic heterocycles. The van der Waals surface area contributed by atoms with Gasteiger partial charge in [0.2, 0.25) is 7.28 Å². The topological polar surface area (TPSA) is 24.8 Å². The van der Waals surface area contributed by atoms with E-state index in [-0.39, 0.29) is 0 Å². The van der Waals surface area contributed by atoms with Crippen LogP contribution in [0.2, 0.25) is 0 Å². The van der Waals surface area contributed by atoms with Gasteiger partial charge in [-0.1, -0.05) is 24.2 Å². The zero-order chi connectivity index (χ0) is 11.4. The van der Waals surface area contributed by atoms with Crippen LogP contribution in [0.5, 0.6) is 0 Å². The van der Waals surface area contributed by atoms with Crippen molar-refractivity contribution in [1.82, 2.24) is 4.90 Å². The standard InChI is InChI=1S/C12H17BN2O/c1-3-5-11-10(4-2)13-12(14-11)15-6-8-16-9-7-15/h3-5,13H,1,6-9H2,2H3/b10-4+,11-5+. The lowest BCUT2D eigenvalue weighted by Gasteiger charge is -2.28. The summed E-state index contributed by atoms with van der Waals surface area (Å²) >= 11 is 0. The van der Waals surface area contributed by atoms with Crippen molar-refractivity contribution in [3.8, 4) is 0 Å². The number of rotatable bonds is 1. The molecule has 0 unspecified atom stereocenters. The fraction of sp³-hybridized carbons (Fsp3) is 0.417. The largest absolute Gasteiger partial charge is 0.378 e. The van der Waals surface area contributed by atoms with Gasteiger partial charge < -0.3 is 9.64 Å². The van der Waals surface area contributed by atoms with Gasteiger partial charge in [-0.15, -0.1) is 0 Å². The van der Waals surface area contributed by atoms with Crippen LogP contribution in [0.1, 0.15) is 6.92 Å². The minimum atomic E-state index is 0.810.